The second-order valence-corrected chi connectivity index (χ2v) is 3.85. The average molecular weight is 211 g/mol. The van der Waals surface area contributed by atoms with Gasteiger partial charge in [0.1, 0.15) is 5.82 Å². The van der Waals surface area contributed by atoms with Crippen LogP contribution in [-0.4, -0.2) is 25.3 Å². The summed E-state index contributed by atoms with van der Waals surface area (Å²) in [5.74, 6) is 1.55. The Hall–Kier alpha value is -1.50. The molecule has 0 aliphatic carbocycles. The SMILES string of the molecule is CCSc1nc2[nH]c(=O)cc(N)n2n1. The topological polar surface area (TPSA) is 89.1 Å². The van der Waals surface area contributed by atoms with Crippen LogP contribution in [0.5, 0.6) is 0 Å². The van der Waals surface area contributed by atoms with Crippen molar-refractivity contribution in [3.63, 3.8) is 0 Å². The molecule has 0 aliphatic heterocycles. The van der Waals surface area contributed by atoms with Gasteiger partial charge in [-0.2, -0.15) is 9.50 Å². The molecule has 0 aromatic carbocycles. The summed E-state index contributed by atoms with van der Waals surface area (Å²) in [5.41, 5.74) is 5.33. The first-order valence-electron chi connectivity index (χ1n) is 4.09. The lowest BCUT2D eigenvalue weighted by atomic mass is 10.6. The smallest absolute Gasteiger partial charge is 0.254 e. The Kier molecular flexibility index (Phi) is 2.16. The van der Waals surface area contributed by atoms with E-state index < -0.39 is 0 Å². The summed E-state index contributed by atoms with van der Waals surface area (Å²) >= 11 is 1.49. The summed E-state index contributed by atoms with van der Waals surface area (Å²) in [6.45, 7) is 2.00. The van der Waals surface area contributed by atoms with Gasteiger partial charge < -0.3 is 5.73 Å². The molecule has 0 aliphatic rings. The summed E-state index contributed by atoms with van der Waals surface area (Å²) in [6, 6.07) is 1.28. The molecule has 2 heterocycles. The van der Waals surface area contributed by atoms with Gasteiger partial charge in [0.25, 0.3) is 5.56 Å². The Balaban J connectivity index is 2.64. The van der Waals surface area contributed by atoms with E-state index in [0.717, 1.165) is 5.75 Å². The highest BCUT2D eigenvalue weighted by Gasteiger charge is 2.06. The van der Waals surface area contributed by atoms with Gasteiger partial charge in [0.15, 0.2) is 0 Å². The summed E-state index contributed by atoms with van der Waals surface area (Å²) in [4.78, 5) is 17.7. The highest BCUT2D eigenvalue weighted by molar-refractivity contribution is 7.99. The van der Waals surface area contributed by atoms with Crippen molar-refractivity contribution >= 4 is 23.4 Å². The molecule has 3 N–H and O–H groups in total. The number of H-pyrrole nitrogens is 1. The third kappa shape index (κ3) is 1.46. The van der Waals surface area contributed by atoms with Crippen LogP contribution in [0.15, 0.2) is 16.0 Å². The van der Waals surface area contributed by atoms with Crippen LogP contribution in [0.3, 0.4) is 0 Å². The fraction of sp³-hybridized carbons (Fsp3) is 0.286. The zero-order valence-electron chi connectivity index (χ0n) is 7.52. The maximum absolute atomic E-state index is 11.0. The van der Waals surface area contributed by atoms with E-state index in [2.05, 4.69) is 15.1 Å². The van der Waals surface area contributed by atoms with E-state index in [1.54, 1.807) is 0 Å². The molecule has 2 aromatic rings. The van der Waals surface area contributed by atoms with Crippen LogP contribution >= 0.6 is 11.8 Å². The fourth-order valence-electron chi connectivity index (χ4n) is 1.09. The molecule has 0 unspecified atom stereocenters. The number of hydrogen-bond donors (Lipinski definition) is 2. The minimum Gasteiger partial charge on any atom is -0.383 e. The number of thioether (sulfide) groups is 1. The molecule has 0 saturated carbocycles. The third-order valence-corrected chi connectivity index (χ3v) is 2.34. The maximum atomic E-state index is 11.0. The van der Waals surface area contributed by atoms with Gasteiger partial charge in [-0.15, -0.1) is 5.10 Å². The number of rotatable bonds is 2. The van der Waals surface area contributed by atoms with E-state index in [1.807, 2.05) is 6.92 Å². The number of fused-ring (bicyclic) bond motifs is 1. The van der Waals surface area contributed by atoms with Gasteiger partial charge in [0.2, 0.25) is 10.9 Å². The van der Waals surface area contributed by atoms with Crippen LogP contribution in [0.25, 0.3) is 5.78 Å². The predicted molar refractivity (Wildman–Crippen MR) is 54.4 cm³/mol. The molecule has 0 bridgehead atoms. The van der Waals surface area contributed by atoms with E-state index in [9.17, 15) is 4.79 Å². The molecule has 0 amide bonds. The van der Waals surface area contributed by atoms with Gasteiger partial charge in [-0.1, -0.05) is 18.7 Å². The Morgan fingerprint density at radius 3 is 3.21 bits per heavy atom. The highest BCUT2D eigenvalue weighted by atomic mass is 32.2. The van der Waals surface area contributed by atoms with Crippen molar-refractivity contribution in [3.8, 4) is 0 Å². The number of hydrogen-bond acceptors (Lipinski definition) is 5. The molecule has 0 fully saturated rings. The molecule has 2 rings (SSSR count). The van der Waals surface area contributed by atoms with Gasteiger partial charge in [0.05, 0.1) is 0 Å². The van der Waals surface area contributed by atoms with Gasteiger partial charge >= 0.3 is 0 Å². The zero-order valence-corrected chi connectivity index (χ0v) is 8.34. The second-order valence-electron chi connectivity index (χ2n) is 2.62. The normalized spacial score (nSPS) is 10.9. The van der Waals surface area contributed by atoms with Crippen LogP contribution < -0.4 is 11.3 Å². The number of anilines is 1. The van der Waals surface area contributed by atoms with Crippen molar-refractivity contribution < 1.29 is 0 Å². The van der Waals surface area contributed by atoms with Crippen molar-refractivity contribution in [2.75, 3.05) is 11.5 Å². The molecular weight excluding hydrogens is 202 g/mol. The van der Waals surface area contributed by atoms with Crippen molar-refractivity contribution in [1.82, 2.24) is 19.6 Å². The Labute approximate surface area is 83.5 Å². The molecule has 0 atom stereocenters. The molecule has 7 heteroatoms. The second kappa shape index (κ2) is 3.33. The van der Waals surface area contributed by atoms with Crippen molar-refractivity contribution in [2.45, 2.75) is 12.1 Å². The van der Waals surface area contributed by atoms with Crippen LogP contribution in [0.1, 0.15) is 6.92 Å². The Bertz CT molecular complexity index is 516. The maximum Gasteiger partial charge on any atom is 0.254 e. The summed E-state index contributed by atoms with van der Waals surface area (Å²) in [5, 5.41) is 4.73. The lowest BCUT2D eigenvalue weighted by Crippen LogP contribution is -2.11. The monoisotopic (exact) mass is 211 g/mol. The first kappa shape index (κ1) is 9.07. The van der Waals surface area contributed by atoms with E-state index in [0.29, 0.717) is 16.8 Å². The number of aromatic amines is 1. The minimum absolute atomic E-state index is 0.268. The van der Waals surface area contributed by atoms with Crippen LogP contribution in [0.4, 0.5) is 5.82 Å². The first-order chi connectivity index (χ1) is 6.70. The summed E-state index contributed by atoms with van der Waals surface area (Å²) in [7, 11) is 0. The average Bonchev–Trinajstić information content (AvgIpc) is 2.48. The van der Waals surface area contributed by atoms with Gasteiger partial charge in [-0.05, 0) is 5.75 Å². The molecule has 2 aromatic heterocycles. The molecule has 74 valence electrons. The largest absolute Gasteiger partial charge is 0.383 e. The number of nitrogens with two attached hydrogens (primary N) is 1. The zero-order chi connectivity index (χ0) is 10.1. The third-order valence-electron chi connectivity index (χ3n) is 1.62. The number of nitrogen functional groups attached to an aromatic ring is 1. The molecular formula is C7H9N5OS. The van der Waals surface area contributed by atoms with Crippen molar-refractivity contribution in [1.29, 1.82) is 0 Å². The predicted octanol–water partition coefficient (Wildman–Crippen LogP) is 0.112. The Morgan fingerprint density at radius 1 is 1.71 bits per heavy atom. The van der Waals surface area contributed by atoms with Gasteiger partial charge in [-0.3, -0.25) is 9.78 Å². The lowest BCUT2D eigenvalue weighted by Gasteiger charge is -1.93. The van der Waals surface area contributed by atoms with E-state index in [1.165, 1.54) is 22.3 Å². The molecule has 6 nitrogen and oxygen atoms in total. The van der Waals surface area contributed by atoms with Gasteiger partial charge in [0, 0.05) is 6.07 Å². The molecule has 0 radical (unpaired) electrons. The lowest BCUT2D eigenvalue weighted by molar-refractivity contribution is 0.886. The molecule has 14 heavy (non-hydrogen) atoms. The van der Waals surface area contributed by atoms with E-state index in [-0.39, 0.29) is 5.56 Å². The van der Waals surface area contributed by atoms with E-state index in [4.69, 9.17) is 5.73 Å². The van der Waals surface area contributed by atoms with Crippen LogP contribution in [-0.2, 0) is 0 Å². The first-order valence-corrected chi connectivity index (χ1v) is 5.07. The Morgan fingerprint density at radius 2 is 2.50 bits per heavy atom. The van der Waals surface area contributed by atoms with Crippen LogP contribution in [0, 0.1) is 0 Å². The van der Waals surface area contributed by atoms with Crippen LogP contribution in [0.2, 0.25) is 0 Å². The summed E-state index contributed by atoms with van der Waals surface area (Å²) in [6.07, 6.45) is 0. The quantitative estimate of drug-likeness (QED) is 0.688. The standard InChI is InChI=1S/C7H9N5OS/c1-2-14-7-10-6-9-5(13)3-4(8)12(6)11-7/h3H,2,8H2,1H3,(H,9,10,11,13). The highest BCUT2D eigenvalue weighted by Crippen LogP contribution is 2.13. The van der Waals surface area contributed by atoms with Crippen molar-refractivity contribution in [2.24, 2.45) is 0 Å². The number of aromatic nitrogens is 4. The fourth-order valence-corrected chi connectivity index (χ4v) is 1.63. The van der Waals surface area contributed by atoms with E-state index >= 15 is 0 Å². The minimum atomic E-state index is -0.268. The number of nitrogens with one attached hydrogen (secondary N) is 1. The number of nitrogens with zero attached hydrogens (tertiary/aromatic N) is 3. The summed E-state index contributed by atoms with van der Waals surface area (Å²) < 4.78 is 1.42. The molecule has 0 saturated heterocycles. The van der Waals surface area contributed by atoms with Gasteiger partial charge in [-0.25, -0.2) is 0 Å². The molecule has 0 spiro atoms. The van der Waals surface area contributed by atoms with Crippen molar-refractivity contribution in [3.05, 3.63) is 16.4 Å².